The number of morpholine rings is 1. The Kier molecular flexibility index (Phi) is 4.86. The maximum absolute atomic E-state index is 10.4. The summed E-state index contributed by atoms with van der Waals surface area (Å²) in [6.45, 7) is 5.34. The van der Waals surface area contributed by atoms with Crippen molar-refractivity contribution in [3.05, 3.63) is 0 Å². The third-order valence-electron chi connectivity index (χ3n) is 2.31. The van der Waals surface area contributed by atoms with Gasteiger partial charge in [-0.2, -0.15) is 0 Å². The van der Waals surface area contributed by atoms with E-state index in [1.54, 1.807) is 0 Å². The Morgan fingerprint density at radius 1 is 1.50 bits per heavy atom. The van der Waals surface area contributed by atoms with E-state index in [1.807, 2.05) is 11.9 Å². The van der Waals surface area contributed by atoms with E-state index in [0.717, 1.165) is 39.4 Å². The minimum atomic E-state index is -0.769. The van der Waals surface area contributed by atoms with Crippen molar-refractivity contribution in [2.45, 2.75) is 0 Å². The van der Waals surface area contributed by atoms with Gasteiger partial charge in [0.15, 0.2) is 0 Å². The molecule has 0 radical (unpaired) electrons. The summed E-state index contributed by atoms with van der Waals surface area (Å²) in [7, 11) is 1.83. The molecule has 5 nitrogen and oxygen atoms in total. The molecule has 0 atom stereocenters. The summed E-state index contributed by atoms with van der Waals surface area (Å²) >= 11 is 0. The standard InChI is InChI=1S/C9H18N2O3/c1-10(8-9(12)13)2-3-11-4-6-14-7-5-11/h2-8H2,1H3,(H,12,13). The molecule has 0 aromatic rings. The van der Waals surface area contributed by atoms with Gasteiger partial charge in [0.1, 0.15) is 0 Å². The molecule has 1 rings (SSSR count). The first-order valence-electron chi connectivity index (χ1n) is 4.89. The fourth-order valence-corrected chi connectivity index (χ4v) is 1.45. The molecule has 5 heteroatoms. The van der Waals surface area contributed by atoms with Crippen molar-refractivity contribution in [2.24, 2.45) is 0 Å². The first-order chi connectivity index (χ1) is 6.68. The molecule has 82 valence electrons. The summed E-state index contributed by atoms with van der Waals surface area (Å²) in [6.07, 6.45) is 0. The number of ether oxygens (including phenoxy) is 1. The molecule has 0 aromatic carbocycles. The van der Waals surface area contributed by atoms with Crippen molar-refractivity contribution in [3.8, 4) is 0 Å². The van der Waals surface area contributed by atoms with Gasteiger partial charge in [-0.05, 0) is 7.05 Å². The highest BCUT2D eigenvalue weighted by molar-refractivity contribution is 5.68. The van der Waals surface area contributed by atoms with Gasteiger partial charge >= 0.3 is 5.97 Å². The van der Waals surface area contributed by atoms with E-state index >= 15 is 0 Å². The molecule has 0 saturated carbocycles. The van der Waals surface area contributed by atoms with E-state index in [-0.39, 0.29) is 6.54 Å². The second kappa shape index (κ2) is 5.95. The van der Waals surface area contributed by atoms with Crippen LogP contribution in [0.3, 0.4) is 0 Å². The summed E-state index contributed by atoms with van der Waals surface area (Å²) in [6, 6.07) is 0. The van der Waals surface area contributed by atoms with Gasteiger partial charge in [-0.3, -0.25) is 14.6 Å². The molecule has 0 bridgehead atoms. The number of carboxylic acids is 1. The van der Waals surface area contributed by atoms with Crippen LogP contribution in [0.4, 0.5) is 0 Å². The zero-order chi connectivity index (χ0) is 10.4. The molecule has 0 amide bonds. The third kappa shape index (κ3) is 4.55. The summed E-state index contributed by atoms with van der Waals surface area (Å²) < 4.78 is 5.22. The van der Waals surface area contributed by atoms with Crippen LogP contribution in [-0.4, -0.2) is 73.9 Å². The lowest BCUT2D eigenvalue weighted by molar-refractivity contribution is -0.138. The van der Waals surface area contributed by atoms with Gasteiger partial charge in [0.05, 0.1) is 19.8 Å². The molecule has 0 unspecified atom stereocenters. The Balaban J connectivity index is 2.09. The highest BCUT2D eigenvalue weighted by Crippen LogP contribution is 1.96. The number of carbonyl (C=O) groups is 1. The first kappa shape index (κ1) is 11.4. The van der Waals surface area contributed by atoms with Crippen LogP contribution >= 0.6 is 0 Å². The zero-order valence-corrected chi connectivity index (χ0v) is 8.61. The molecule has 1 heterocycles. The Labute approximate surface area is 84.2 Å². The van der Waals surface area contributed by atoms with Gasteiger partial charge in [0, 0.05) is 26.2 Å². The minimum Gasteiger partial charge on any atom is -0.480 e. The van der Waals surface area contributed by atoms with Gasteiger partial charge in [0.2, 0.25) is 0 Å². The fourth-order valence-electron chi connectivity index (χ4n) is 1.45. The Bertz CT molecular complexity index is 181. The van der Waals surface area contributed by atoms with Gasteiger partial charge in [-0.25, -0.2) is 0 Å². The molecule has 0 aromatic heterocycles. The van der Waals surface area contributed by atoms with Crippen LogP contribution in [0.5, 0.6) is 0 Å². The topological polar surface area (TPSA) is 53.0 Å². The predicted octanol–water partition coefficient (Wildman–Crippen LogP) is -0.665. The number of rotatable bonds is 5. The molecule has 0 aliphatic carbocycles. The Morgan fingerprint density at radius 2 is 2.14 bits per heavy atom. The Morgan fingerprint density at radius 3 is 2.71 bits per heavy atom. The second-order valence-electron chi connectivity index (χ2n) is 3.59. The molecular formula is C9H18N2O3. The number of likely N-dealkylation sites (N-methyl/N-ethyl adjacent to an activating group) is 1. The van der Waals surface area contributed by atoms with E-state index in [0.29, 0.717) is 0 Å². The average molecular weight is 202 g/mol. The average Bonchev–Trinajstić information content (AvgIpc) is 2.15. The van der Waals surface area contributed by atoms with E-state index in [4.69, 9.17) is 9.84 Å². The fraction of sp³-hybridized carbons (Fsp3) is 0.889. The number of carboxylic acid groups (broad SMARTS) is 1. The molecule has 1 fully saturated rings. The van der Waals surface area contributed by atoms with Crippen molar-refractivity contribution < 1.29 is 14.6 Å². The Hall–Kier alpha value is -0.650. The number of hydrogen-bond acceptors (Lipinski definition) is 4. The predicted molar refractivity (Wildman–Crippen MR) is 52.4 cm³/mol. The smallest absolute Gasteiger partial charge is 0.317 e. The van der Waals surface area contributed by atoms with E-state index < -0.39 is 5.97 Å². The van der Waals surface area contributed by atoms with Crippen LogP contribution < -0.4 is 0 Å². The van der Waals surface area contributed by atoms with Crippen molar-refractivity contribution in [1.82, 2.24) is 9.80 Å². The quantitative estimate of drug-likeness (QED) is 0.641. The van der Waals surface area contributed by atoms with Gasteiger partial charge < -0.3 is 9.84 Å². The van der Waals surface area contributed by atoms with E-state index in [2.05, 4.69) is 4.90 Å². The monoisotopic (exact) mass is 202 g/mol. The number of hydrogen-bond donors (Lipinski definition) is 1. The molecular weight excluding hydrogens is 184 g/mol. The molecule has 0 spiro atoms. The molecule has 14 heavy (non-hydrogen) atoms. The van der Waals surface area contributed by atoms with Crippen LogP contribution in [0.25, 0.3) is 0 Å². The lowest BCUT2D eigenvalue weighted by atomic mass is 10.4. The summed E-state index contributed by atoms with van der Waals surface area (Å²) in [5, 5.41) is 8.55. The second-order valence-corrected chi connectivity index (χ2v) is 3.59. The maximum Gasteiger partial charge on any atom is 0.317 e. The SMILES string of the molecule is CN(CCN1CCOCC1)CC(=O)O. The number of aliphatic carboxylic acids is 1. The van der Waals surface area contributed by atoms with Gasteiger partial charge in [-0.15, -0.1) is 0 Å². The zero-order valence-electron chi connectivity index (χ0n) is 8.61. The first-order valence-corrected chi connectivity index (χ1v) is 4.89. The largest absolute Gasteiger partial charge is 0.480 e. The van der Waals surface area contributed by atoms with Crippen molar-refractivity contribution >= 4 is 5.97 Å². The number of nitrogens with zero attached hydrogens (tertiary/aromatic N) is 2. The van der Waals surface area contributed by atoms with E-state index in [1.165, 1.54) is 0 Å². The normalized spacial score (nSPS) is 18.7. The lowest BCUT2D eigenvalue weighted by Crippen LogP contribution is -2.41. The lowest BCUT2D eigenvalue weighted by Gasteiger charge is -2.28. The van der Waals surface area contributed by atoms with Crippen LogP contribution in [0.1, 0.15) is 0 Å². The van der Waals surface area contributed by atoms with E-state index in [9.17, 15) is 4.79 Å². The highest BCUT2D eigenvalue weighted by atomic mass is 16.5. The highest BCUT2D eigenvalue weighted by Gasteiger charge is 2.11. The molecule has 1 saturated heterocycles. The van der Waals surface area contributed by atoms with Crippen molar-refractivity contribution in [2.75, 3.05) is 53.0 Å². The molecule has 1 aliphatic rings. The van der Waals surface area contributed by atoms with Gasteiger partial charge in [0.25, 0.3) is 0 Å². The van der Waals surface area contributed by atoms with Crippen LogP contribution in [0.15, 0.2) is 0 Å². The maximum atomic E-state index is 10.4. The van der Waals surface area contributed by atoms with Crippen molar-refractivity contribution in [3.63, 3.8) is 0 Å². The third-order valence-corrected chi connectivity index (χ3v) is 2.31. The van der Waals surface area contributed by atoms with Crippen LogP contribution in [0.2, 0.25) is 0 Å². The van der Waals surface area contributed by atoms with Crippen LogP contribution in [-0.2, 0) is 9.53 Å². The van der Waals surface area contributed by atoms with Gasteiger partial charge in [-0.1, -0.05) is 0 Å². The molecule has 1 N–H and O–H groups in total. The summed E-state index contributed by atoms with van der Waals surface area (Å²) in [4.78, 5) is 14.5. The summed E-state index contributed by atoms with van der Waals surface area (Å²) in [5.41, 5.74) is 0. The molecule has 1 aliphatic heterocycles. The minimum absolute atomic E-state index is 0.115. The van der Waals surface area contributed by atoms with Crippen molar-refractivity contribution in [1.29, 1.82) is 0 Å². The summed E-state index contributed by atoms with van der Waals surface area (Å²) in [5.74, 6) is -0.769. The van der Waals surface area contributed by atoms with Crippen LogP contribution in [0, 0.1) is 0 Å².